The van der Waals surface area contributed by atoms with Gasteiger partial charge in [-0.3, -0.25) is 4.79 Å². The van der Waals surface area contributed by atoms with Crippen molar-refractivity contribution in [1.29, 1.82) is 0 Å². The molecule has 0 spiro atoms. The van der Waals surface area contributed by atoms with E-state index in [1.165, 1.54) is 0 Å². The molecule has 2 rings (SSSR count). The van der Waals surface area contributed by atoms with Crippen molar-refractivity contribution in [2.24, 2.45) is 0 Å². The predicted octanol–water partition coefficient (Wildman–Crippen LogP) is 3.40. The molecule has 1 aromatic carbocycles. The van der Waals surface area contributed by atoms with Gasteiger partial charge in [-0.1, -0.05) is 51.1 Å². The Balaban J connectivity index is 2.11. The molecule has 1 aromatic heterocycles. The van der Waals surface area contributed by atoms with E-state index in [1.807, 2.05) is 51.1 Å². The molecule has 0 amide bonds. The van der Waals surface area contributed by atoms with Gasteiger partial charge in [0, 0.05) is 11.0 Å². The van der Waals surface area contributed by atoms with E-state index in [1.54, 1.807) is 6.20 Å². The maximum absolute atomic E-state index is 12.0. The molecule has 0 saturated carbocycles. The second-order valence-corrected chi connectivity index (χ2v) is 5.35. The molecular weight excluding hydrogens is 226 g/mol. The molecule has 1 heterocycles. The summed E-state index contributed by atoms with van der Waals surface area (Å²) in [5.41, 5.74) is 0.569. The van der Waals surface area contributed by atoms with Crippen molar-refractivity contribution >= 4 is 5.78 Å². The third-order valence-electron chi connectivity index (χ3n) is 2.63. The van der Waals surface area contributed by atoms with E-state index in [2.05, 4.69) is 4.98 Å². The van der Waals surface area contributed by atoms with Gasteiger partial charge in [0.2, 0.25) is 0 Å². The molecule has 3 heteroatoms. The van der Waals surface area contributed by atoms with Crippen LogP contribution in [0.25, 0.3) is 0 Å². The van der Waals surface area contributed by atoms with E-state index >= 15 is 0 Å². The first-order valence-electron chi connectivity index (χ1n) is 6.00. The summed E-state index contributed by atoms with van der Waals surface area (Å²) in [5.74, 6) is 1.33. The average Bonchev–Trinajstić information content (AvgIpc) is 2.78. The van der Waals surface area contributed by atoms with Crippen LogP contribution >= 0.6 is 0 Å². The summed E-state index contributed by atoms with van der Waals surface area (Å²) in [7, 11) is 0. The number of rotatable bonds is 3. The van der Waals surface area contributed by atoms with Gasteiger partial charge in [-0.25, -0.2) is 4.98 Å². The van der Waals surface area contributed by atoms with Gasteiger partial charge in [-0.15, -0.1) is 0 Å². The number of carbonyl (C=O) groups is 1. The fourth-order valence-corrected chi connectivity index (χ4v) is 1.62. The fraction of sp³-hybridized carbons (Fsp3) is 0.333. The standard InChI is InChI=1S/C15H17NO2/c1-15(2,3)14-16-10-12(18-14)9-13(17)11-7-5-4-6-8-11/h4-8,10H,9H2,1-3H3. The molecule has 0 fully saturated rings. The molecule has 3 nitrogen and oxygen atoms in total. The molecule has 0 unspecified atom stereocenters. The van der Waals surface area contributed by atoms with Crippen LogP contribution in [0.15, 0.2) is 40.9 Å². The quantitative estimate of drug-likeness (QED) is 0.776. The first kappa shape index (κ1) is 12.6. The Hall–Kier alpha value is -1.90. The van der Waals surface area contributed by atoms with E-state index in [9.17, 15) is 4.79 Å². The summed E-state index contributed by atoms with van der Waals surface area (Å²) in [4.78, 5) is 16.2. The van der Waals surface area contributed by atoms with Gasteiger partial charge < -0.3 is 4.42 Å². The number of Topliss-reactive ketones (excluding diaryl/α,β-unsaturated/α-hetero) is 1. The van der Waals surface area contributed by atoms with Gasteiger partial charge in [-0.2, -0.15) is 0 Å². The lowest BCUT2D eigenvalue weighted by molar-refractivity contribution is 0.0986. The molecule has 0 aliphatic rings. The van der Waals surface area contributed by atoms with Gasteiger partial charge in [-0.05, 0) is 0 Å². The van der Waals surface area contributed by atoms with Crippen molar-refractivity contribution in [3.63, 3.8) is 0 Å². The normalized spacial score (nSPS) is 11.5. The van der Waals surface area contributed by atoms with Crippen LogP contribution in [0.3, 0.4) is 0 Å². The highest BCUT2D eigenvalue weighted by molar-refractivity contribution is 5.97. The second kappa shape index (κ2) is 4.77. The van der Waals surface area contributed by atoms with Gasteiger partial charge >= 0.3 is 0 Å². The number of benzene rings is 1. The van der Waals surface area contributed by atoms with Crippen molar-refractivity contribution < 1.29 is 9.21 Å². The Morgan fingerprint density at radius 1 is 1.22 bits per heavy atom. The number of carbonyl (C=O) groups excluding carboxylic acids is 1. The maximum atomic E-state index is 12.0. The van der Waals surface area contributed by atoms with E-state index in [-0.39, 0.29) is 17.6 Å². The van der Waals surface area contributed by atoms with Crippen LogP contribution in [0, 0.1) is 0 Å². The largest absolute Gasteiger partial charge is 0.445 e. The number of ketones is 1. The van der Waals surface area contributed by atoms with Crippen molar-refractivity contribution in [3.8, 4) is 0 Å². The number of aromatic nitrogens is 1. The Labute approximate surface area is 107 Å². The van der Waals surface area contributed by atoms with Gasteiger partial charge in [0.1, 0.15) is 5.76 Å². The Kier molecular flexibility index (Phi) is 3.32. The number of hydrogen-bond acceptors (Lipinski definition) is 3. The third kappa shape index (κ3) is 2.86. The van der Waals surface area contributed by atoms with Gasteiger partial charge in [0.15, 0.2) is 11.7 Å². The van der Waals surface area contributed by atoms with E-state index in [0.29, 0.717) is 17.2 Å². The summed E-state index contributed by atoms with van der Waals surface area (Å²) in [6.07, 6.45) is 1.90. The monoisotopic (exact) mass is 243 g/mol. The number of nitrogens with zero attached hydrogens (tertiary/aromatic N) is 1. The van der Waals surface area contributed by atoms with E-state index < -0.39 is 0 Å². The summed E-state index contributed by atoms with van der Waals surface area (Å²) in [6.45, 7) is 6.09. The lowest BCUT2D eigenvalue weighted by Gasteiger charge is -2.12. The van der Waals surface area contributed by atoms with E-state index in [0.717, 1.165) is 0 Å². The minimum absolute atomic E-state index is 0.0483. The highest BCUT2D eigenvalue weighted by Gasteiger charge is 2.21. The zero-order valence-electron chi connectivity index (χ0n) is 10.9. The van der Waals surface area contributed by atoms with Crippen molar-refractivity contribution in [3.05, 3.63) is 53.7 Å². The minimum Gasteiger partial charge on any atom is -0.445 e. The lowest BCUT2D eigenvalue weighted by Crippen LogP contribution is -2.11. The molecule has 18 heavy (non-hydrogen) atoms. The molecule has 0 N–H and O–H groups in total. The molecule has 94 valence electrons. The van der Waals surface area contributed by atoms with Crippen LogP contribution in [-0.4, -0.2) is 10.8 Å². The van der Waals surface area contributed by atoms with E-state index in [4.69, 9.17) is 4.42 Å². The average molecular weight is 243 g/mol. The van der Waals surface area contributed by atoms with Crippen LogP contribution in [0.5, 0.6) is 0 Å². The highest BCUT2D eigenvalue weighted by Crippen LogP contribution is 2.22. The van der Waals surface area contributed by atoms with Crippen LogP contribution in [-0.2, 0) is 11.8 Å². The Bertz CT molecular complexity index is 535. The third-order valence-corrected chi connectivity index (χ3v) is 2.63. The fourth-order valence-electron chi connectivity index (χ4n) is 1.62. The lowest BCUT2D eigenvalue weighted by atomic mass is 9.97. The van der Waals surface area contributed by atoms with Crippen LogP contribution in [0.2, 0.25) is 0 Å². The summed E-state index contributed by atoms with van der Waals surface area (Å²) in [6, 6.07) is 9.22. The SMILES string of the molecule is CC(C)(C)c1ncc(CC(=O)c2ccccc2)o1. The summed E-state index contributed by atoms with van der Waals surface area (Å²) < 4.78 is 5.61. The molecular formula is C15H17NO2. The Morgan fingerprint density at radius 2 is 1.89 bits per heavy atom. The zero-order chi connectivity index (χ0) is 13.2. The minimum atomic E-state index is -0.131. The van der Waals surface area contributed by atoms with Crippen LogP contribution in [0.1, 0.15) is 42.8 Å². The topological polar surface area (TPSA) is 43.1 Å². The maximum Gasteiger partial charge on any atom is 0.199 e. The predicted molar refractivity (Wildman–Crippen MR) is 69.7 cm³/mol. The molecule has 0 bridgehead atoms. The summed E-state index contributed by atoms with van der Waals surface area (Å²) in [5, 5.41) is 0. The smallest absolute Gasteiger partial charge is 0.199 e. The molecule has 0 radical (unpaired) electrons. The van der Waals surface area contributed by atoms with Crippen molar-refractivity contribution in [1.82, 2.24) is 4.98 Å². The molecule has 0 aliphatic carbocycles. The molecule has 2 aromatic rings. The van der Waals surface area contributed by atoms with Gasteiger partial charge in [0.05, 0.1) is 12.6 Å². The zero-order valence-corrected chi connectivity index (χ0v) is 10.9. The van der Waals surface area contributed by atoms with Crippen LogP contribution < -0.4 is 0 Å². The van der Waals surface area contributed by atoms with Crippen molar-refractivity contribution in [2.45, 2.75) is 32.6 Å². The highest BCUT2D eigenvalue weighted by atomic mass is 16.4. The number of oxazole rings is 1. The molecule has 0 atom stereocenters. The summed E-state index contributed by atoms with van der Waals surface area (Å²) >= 11 is 0. The first-order chi connectivity index (χ1) is 8.47. The Morgan fingerprint density at radius 3 is 2.44 bits per heavy atom. The second-order valence-electron chi connectivity index (χ2n) is 5.35. The van der Waals surface area contributed by atoms with Gasteiger partial charge in [0.25, 0.3) is 0 Å². The van der Waals surface area contributed by atoms with Crippen LogP contribution in [0.4, 0.5) is 0 Å². The molecule has 0 aliphatic heterocycles. The van der Waals surface area contributed by atoms with Crippen molar-refractivity contribution in [2.75, 3.05) is 0 Å². The number of hydrogen-bond donors (Lipinski definition) is 0. The first-order valence-corrected chi connectivity index (χ1v) is 6.00. The molecule has 0 saturated heterocycles.